The van der Waals surface area contributed by atoms with Crippen molar-refractivity contribution in [2.24, 2.45) is 0 Å². The van der Waals surface area contributed by atoms with Crippen molar-refractivity contribution in [3.63, 3.8) is 0 Å². The summed E-state index contributed by atoms with van der Waals surface area (Å²) in [7, 11) is -3.58. The standard InChI is InChI=1S/C22H28N2O4S/c1-16-8-10-20(11-9-16)29(26,27)24-15-17-12-18(24)6-4-2-3-5-7-21(17)28-19-13-22(25)23-14-19/h8-13,18,21H,2-7,14-15H2,1H3,(H,23,25). The second-order valence-corrected chi connectivity index (χ2v) is 9.99. The van der Waals surface area contributed by atoms with Crippen molar-refractivity contribution in [1.82, 2.24) is 9.62 Å². The number of rotatable bonds is 4. The monoisotopic (exact) mass is 416 g/mol. The summed E-state index contributed by atoms with van der Waals surface area (Å²) in [4.78, 5) is 11.8. The van der Waals surface area contributed by atoms with Crippen LogP contribution in [0.3, 0.4) is 0 Å². The number of ether oxygens (including phenoxy) is 1. The van der Waals surface area contributed by atoms with Crippen LogP contribution >= 0.6 is 0 Å². The van der Waals surface area contributed by atoms with Crippen molar-refractivity contribution >= 4 is 15.9 Å². The van der Waals surface area contributed by atoms with E-state index in [0.717, 1.165) is 49.7 Å². The lowest BCUT2D eigenvalue weighted by Crippen LogP contribution is -2.37. The van der Waals surface area contributed by atoms with Gasteiger partial charge in [-0.25, -0.2) is 8.42 Å². The molecule has 1 N–H and O–H groups in total. The van der Waals surface area contributed by atoms with Gasteiger partial charge in [-0.15, -0.1) is 0 Å². The predicted octanol–water partition coefficient (Wildman–Crippen LogP) is 3.05. The molecule has 4 rings (SSSR count). The molecular weight excluding hydrogens is 388 g/mol. The SMILES string of the molecule is Cc1ccc(S(=O)(=O)N2CC3=CC2CCCCCCC3OC2=CC(=O)NC2)cc1. The van der Waals surface area contributed by atoms with Gasteiger partial charge in [0.05, 0.1) is 11.4 Å². The smallest absolute Gasteiger partial charge is 0.247 e. The van der Waals surface area contributed by atoms with Gasteiger partial charge in [0.15, 0.2) is 0 Å². The van der Waals surface area contributed by atoms with E-state index in [1.54, 1.807) is 16.4 Å². The lowest BCUT2D eigenvalue weighted by molar-refractivity contribution is -0.115. The molecule has 0 saturated heterocycles. The van der Waals surface area contributed by atoms with Gasteiger partial charge in [0.1, 0.15) is 11.9 Å². The zero-order valence-corrected chi connectivity index (χ0v) is 17.6. The predicted molar refractivity (Wildman–Crippen MR) is 111 cm³/mol. The van der Waals surface area contributed by atoms with Crippen molar-refractivity contribution in [3.05, 3.63) is 53.3 Å². The Balaban J connectivity index is 1.60. The number of carbonyl (C=O) groups excluding carboxylic acids is 1. The van der Waals surface area contributed by atoms with Crippen molar-refractivity contribution in [2.75, 3.05) is 13.1 Å². The van der Waals surface area contributed by atoms with Crippen molar-refractivity contribution in [1.29, 1.82) is 0 Å². The number of nitrogens with one attached hydrogen (secondary N) is 1. The zero-order chi connectivity index (χ0) is 20.4. The highest BCUT2D eigenvalue weighted by molar-refractivity contribution is 7.89. The zero-order valence-electron chi connectivity index (χ0n) is 16.8. The molecule has 2 bridgehead atoms. The number of amides is 1. The molecule has 0 radical (unpaired) electrons. The Bertz CT molecular complexity index is 934. The van der Waals surface area contributed by atoms with Crippen LogP contribution in [0.4, 0.5) is 0 Å². The maximum Gasteiger partial charge on any atom is 0.247 e. The summed E-state index contributed by atoms with van der Waals surface area (Å²) in [5.41, 5.74) is 2.04. The normalized spacial score (nSPS) is 25.9. The van der Waals surface area contributed by atoms with Crippen LogP contribution in [0, 0.1) is 6.92 Å². The Morgan fingerprint density at radius 1 is 1.07 bits per heavy atom. The minimum atomic E-state index is -3.58. The van der Waals surface area contributed by atoms with E-state index in [1.165, 1.54) is 6.08 Å². The molecule has 7 heteroatoms. The molecule has 0 aromatic heterocycles. The third-order valence-corrected chi connectivity index (χ3v) is 7.78. The molecular formula is C22H28N2O4S. The van der Waals surface area contributed by atoms with E-state index in [2.05, 4.69) is 11.4 Å². The van der Waals surface area contributed by atoms with Crippen molar-refractivity contribution in [2.45, 2.75) is 62.5 Å². The van der Waals surface area contributed by atoms with E-state index in [9.17, 15) is 13.2 Å². The Morgan fingerprint density at radius 2 is 1.79 bits per heavy atom. The number of benzene rings is 1. The molecule has 2 atom stereocenters. The summed E-state index contributed by atoms with van der Waals surface area (Å²) >= 11 is 0. The average Bonchev–Trinajstić information content (AvgIpc) is 3.30. The average molecular weight is 417 g/mol. The van der Waals surface area contributed by atoms with Crippen LogP contribution in [-0.2, 0) is 19.6 Å². The van der Waals surface area contributed by atoms with Gasteiger partial charge >= 0.3 is 0 Å². The first-order valence-electron chi connectivity index (χ1n) is 10.4. The van der Waals surface area contributed by atoms with Gasteiger partial charge in [-0.2, -0.15) is 4.31 Å². The second-order valence-electron chi connectivity index (χ2n) is 8.10. The molecule has 156 valence electrons. The van der Waals surface area contributed by atoms with Crippen LogP contribution in [0.1, 0.15) is 44.1 Å². The largest absolute Gasteiger partial charge is 0.488 e. The maximum atomic E-state index is 13.4. The van der Waals surface area contributed by atoms with Gasteiger partial charge < -0.3 is 10.1 Å². The molecule has 0 fully saturated rings. The molecule has 29 heavy (non-hydrogen) atoms. The summed E-state index contributed by atoms with van der Waals surface area (Å²) in [6.07, 6.45) is 9.31. The molecule has 1 aromatic rings. The van der Waals surface area contributed by atoms with Gasteiger partial charge in [0.25, 0.3) is 0 Å². The van der Waals surface area contributed by atoms with E-state index in [0.29, 0.717) is 23.7 Å². The van der Waals surface area contributed by atoms with E-state index in [4.69, 9.17) is 4.74 Å². The highest BCUT2D eigenvalue weighted by Crippen LogP contribution is 2.33. The van der Waals surface area contributed by atoms with Crippen LogP contribution < -0.4 is 5.32 Å². The van der Waals surface area contributed by atoms with Gasteiger partial charge in [0.2, 0.25) is 15.9 Å². The lowest BCUT2D eigenvalue weighted by atomic mass is 9.98. The van der Waals surface area contributed by atoms with Crippen molar-refractivity contribution in [3.8, 4) is 0 Å². The Hall–Kier alpha value is -2.12. The number of carbonyl (C=O) groups is 1. The minimum absolute atomic E-state index is 0.137. The first kappa shape index (κ1) is 20.2. The van der Waals surface area contributed by atoms with Crippen LogP contribution in [-0.4, -0.2) is 43.9 Å². The van der Waals surface area contributed by atoms with E-state index >= 15 is 0 Å². The molecule has 2 unspecified atom stereocenters. The summed E-state index contributed by atoms with van der Waals surface area (Å²) < 4.78 is 34.5. The van der Waals surface area contributed by atoms with Crippen LogP contribution in [0.25, 0.3) is 0 Å². The number of aryl methyl sites for hydroxylation is 1. The Morgan fingerprint density at radius 3 is 2.48 bits per heavy atom. The van der Waals surface area contributed by atoms with Gasteiger partial charge in [-0.05, 0) is 43.9 Å². The second kappa shape index (κ2) is 8.32. The number of hydrogen-bond donors (Lipinski definition) is 1. The molecule has 1 aliphatic carbocycles. The first-order chi connectivity index (χ1) is 13.9. The van der Waals surface area contributed by atoms with Gasteiger partial charge in [0, 0.05) is 18.7 Å². The molecule has 3 aliphatic rings. The first-order valence-corrected chi connectivity index (χ1v) is 11.8. The van der Waals surface area contributed by atoms with E-state index < -0.39 is 10.0 Å². The summed E-state index contributed by atoms with van der Waals surface area (Å²) in [5, 5.41) is 2.73. The summed E-state index contributed by atoms with van der Waals surface area (Å²) in [6.45, 7) is 2.70. The van der Waals surface area contributed by atoms with Crippen molar-refractivity contribution < 1.29 is 17.9 Å². The maximum absolute atomic E-state index is 13.4. The Labute approximate surface area is 172 Å². The summed E-state index contributed by atoms with van der Waals surface area (Å²) in [5.74, 6) is 0.496. The van der Waals surface area contributed by atoms with E-state index in [-0.39, 0.29) is 18.1 Å². The number of nitrogens with zero attached hydrogens (tertiary/aromatic N) is 1. The summed E-state index contributed by atoms with van der Waals surface area (Å²) in [6, 6.07) is 6.91. The Kier molecular flexibility index (Phi) is 5.79. The fourth-order valence-electron chi connectivity index (χ4n) is 4.26. The van der Waals surface area contributed by atoms with Crippen LogP contribution in [0.15, 0.2) is 52.6 Å². The molecule has 1 aromatic carbocycles. The lowest BCUT2D eigenvalue weighted by Gasteiger charge is -2.25. The number of sulfonamides is 1. The van der Waals surface area contributed by atoms with Gasteiger partial charge in [-0.3, -0.25) is 4.79 Å². The minimum Gasteiger partial charge on any atom is -0.488 e. The van der Waals surface area contributed by atoms with Crippen LogP contribution in [0.5, 0.6) is 0 Å². The van der Waals surface area contributed by atoms with Crippen LogP contribution in [0.2, 0.25) is 0 Å². The number of fused-ring (bicyclic) bond motifs is 1. The molecule has 6 nitrogen and oxygen atoms in total. The van der Waals surface area contributed by atoms with Gasteiger partial charge in [-0.1, -0.05) is 43.0 Å². The molecule has 0 saturated carbocycles. The topological polar surface area (TPSA) is 75.7 Å². The fraction of sp³-hybridized carbons (Fsp3) is 0.500. The fourth-order valence-corrected chi connectivity index (χ4v) is 5.86. The van der Waals surface area contributed by atoms with E-state index in [1.807, 2.05) is 19.1 Å². The third-order valence-electron chi connectivity index (χ3n) is 5.89. The number of hydrogen-bond acceptors (Lipinski definition) is 4. The highest BCUT2D eigenvalue weighted by Gasteiger charge is 2.38. The quantitative estimate of drug-likeness (QED) is 0.766. The third kappa shape index (κ3) is 4.41. The molecule has 0 spiro atoms. The molecule has 1 amide bonds. The molecule has 2 aliphatic heterocycles. The molecule has 2 heterocycles. The highest BCUT2D eigenvalue weighted by atomic mass is 32.2.